The molecule has 0 atom stereocenters. The van der Waals surface area contributed by atoms with Crippen LogP contribution in [-0.2, 0) is 6.42 Å². The lowest BCUT2D eigenvalue weighted by atomic mass is 10.1. The van der Waals surface area contributed by atoms with Gasteiger partial charge in [-0.05, 0) is 36.3 Å². The monoisotopic (exact) mass is 181 g/mol. The van der Waals surface area contributed by atoms with Gasteiger partial charge in [-0.15, -0.1) is 0 Å². The van der Waals surface area contributed by atoms with Crippen LogP contribution in [0.1, 0.15) is 12.5 Å². The first-order valence-electron chi connectivity index (χ1n) is 3.81. The molecule has 0 saturated carbocycles. The lowest BCUT2D eigenvalue weighted by Crippen LogP contribution is -2.06. The molecule has 2 N–H and O–H groups in total. The highest BCUT2D eigenvalue weighted by molar-refractivity contribution is 7.80. The predicted molar refractivity (Wildman–Crippen MR) is 54.7 cm³/mol. The van der Waals surface area contributed by atoms with Crippen molar-refractivity contribution in [3.05, 3.63) is 29.8 Å². The van der Waals surface area contributed by atoms with Gasteiger partial charge in [-0.3, -0.25) is 0 Å². The fourth-order valence-electron chi connectivity index (χ4n) is 0.947. The van der Waals surface area contributed by atoms with Crippen LogP contribution in [0.5, 0.6) is 0 Å². The number of hydrogen-bond acceptors (Lipinski definition) is 1. The van der Waals surface area contributed by atoms with E-state index in [4.69, 9.17) is 5.11 Å². The van der Waals surface area contributed by atoms with Gasteiger partial charge in [0.25, 0.3) is 5.17 Å². The number of aryl methyl sites for hydroxylation is 1. The molecule has 0 aliphatic rings. The molecule has 0 aliphatic heterocycles. The van der Waals surface area contributed by atoms with Crippen molar-refractivity contribution in [3.63, 3.8) is 0 Å². The number of anilines is 1. The van der Waals surface area contributed by atoms with Gasteiger partial charge < -0.3 is 10.4 Å². The van der Waals surface area contributed by atoms with Crippen LogP contribution in [0.3, 0.4) is 0 Å². The molecule has 0 unspecified atom stereocenters. The maximum atomic E-state index is 8.75. The molecule has 0 radical (unpaired) electrons. The highest BCUT2D eigenvalue weighted by Crippen LogP contribution is 2.09. The van der Waals surface area contributed by atoms with Gasteiger partial charge in [-0.1, -0.05) is 19.1 Å². The van der Waals surface area contributed by atoms with E-state index in [2.05, 4.69) is 24.5 Å². The van der Waals surface area contributed by atoms with Crippen molar-refractivity contribution in [1.29, 1.82) is 0 Å². The summed E-state index contributed by atoms with van der Waals surface area (Å²) in [6, 6.07) is 7.78. The molecule has 0 amide bonds. The average Bonchev–Trinajstić information content (AvgIpc) is 2.05. The van der Waals surface area contributed by atoms with Crippen molar-refractivity contribution in [2.75, 3.05) is 5.32 Å². The molecule has 64 valence electrons. The van der Waals surface area contributed by atoms with Gasteiger partial charge in [0.2, 0.25) is 0 Å². The summed E-state index contributed by atoms with van der Waals surface area (Å²) < 4.78 is 0. The van der Waals surface area contributed by atoms with Crippen molar-refractivity contribution in [3.8, 4) is 0 Å². The van der Waals surface area contributed by atoms with E-state index in [0.29, 0.717) is 0 Å². The Morgan fingerprint density at radius 2 is 2.00 bits per heavy atom. The summed E-state index contributed by atoms with van der Waals surface area (Å²) in [5.41, 5.74) is 2.09. The van der Waals surface area contributed by atoms with E-state index in [0.717, 1.165) is 12.1 Å². The molecule has 1 aromatic rings. The number of benzene rings is 1. The van der Waals surface area contributed by atoms with Crippen LogP contribution in [0.15, 0.2) is 24.3 Å². The number of thiocarbonyl (C=S) groups is 1. The van der Waals surface area contributed by atoms with Gasteiger partial charge in [-0.25, -0.2) is 0 Å². The molecule has 1 aromatic carbocycles. The Morgan fingerprint density at radius 1 is 1.42 bits per heavy atom. The average molecular weight is 181 g/mol. The third-order valence-corrected chi connectivity index (χ3v) is 1.72. The Bertz CT molecular complexity index is 268. The molecule has 2 nitrogen and oxygen atoms in total. The van der Waals surface area contributed by atoms with Gasteiger partial charge in [0.05, 0.1) is 0 Å². The Hall–Kier alpha value is -1.09. The summed E-state index contributed by atoms with van der Waals surface area (Å²) in [6.07, 6.45) is 1.02. The van der Waals surface area contributed by atoms with E-state index in [1.165, 1.54) is 5.56 Å². The van der Waals surface area contributed by atoms with Gasteiger partial charge >= 0.3 is 0 Å². The summed E-state index contributed by atoms with van der Waals surface area (Å²) in [5, 5.41) is 11.2. The first-order valence-corrected chi connectivity index (χ1v) is 4.22. The van der Waals surface area contributed by atoms with Crippen molar-refractivity contribution >= 4 is 23.1 Å². The lowest BCUT2D eigenvalue weighted by molar-refractivity contribution is 0.567. The standard InChI is InChI=1S/C9H11NOS/c1-2-7-3-5-8(6-4-7)10-9(11)12/h3-6H,2H2,1H3,(H2,10,11,12). The fraction of sp³-hybridized carbons (Fsp3) is 0.222. The summed E-state index contributed by atoms with van der Waals surface area (Å²) >= 11 is 4.48. The maximum absolute atomic E-state index is 8.75. The van der Waals surface area contributed by atoms with Crippen molar-refractivity contribution in [2.24, 2.45) is 0 Å². The smallest absolute Gasteiger partial charge is 0.258 e. The largest absolute Gasteiger partial charge is 0.486 e. The van der Waals surface area contributed by atoms with Gasteiger partial charge in [-0.2, -0.15) is 0 Å². The van der Waals surface area contributed by atoms with E-state index in [9.17, 15) is 0 Å². The number of hydrogen-bond donors (Lipinski definition) is 2. The number of aliphatic hydroxyl groups excluding tert-OH is 1. The van der Waals surface area contributed by atoms with Gasteiger partial charge in [0.1, 0.15) is 0 Å². The van der Waals surface area contributed by atoms with Crippen molar-refractivity contribution < 1.29 is 5.11 Å². The Labute approximate surface area is 77.2 Å². The van der Waals surface area contributed by atoms with Crippen LogP contribution in [0.2, 0.25) is 0 Å². The lowest BCUT2D eigenvalue weighted by Gasteiger charge is -2.02. The normalized spacial score (nSPS) is 9.42. The quantitative estimate of drug-likeness (QED) is 0.687. The minimum atomic E-state index is -0.195. The molecular formula is C9H11NOS. The highest BCUT2D eigenvalue weighted by Gasteiger charge is 1.93. The minimum Gasteiger partial charge on any atom is -0.486 e. The molecule has 0 spiro atoms. The molecule has 3 heteroatoms. The second-order valence-corrected chi connectivity index (χ2v) is 2.87. The minimum absolute atomic E-state index is 0.195. The highest BCUT2D eigenvalue weighted by atomic mass is 32.1. The van der Waals surface area contributed by atoms with E-state index < -0.39 is 0 Å². The Kier molecular flexibility index (Phi) is 3.05. The molecular weight excluding hydrogens is 170 g/mol. The Balaban J connectivity index is 2.71. The molecule has 12 heavy (non-hydrogen) atoms. The second-order valence-electron chi connectivity index (χ2n) is 2.48. The third kappa shape index (κ3) is 2.51. The molecule has 0 bridgehead atoms. The van der Waals surface area contributed by atoms with E-state index in [-0.39, 0.29) is 5.17 Å². The second kappa shape index (κ2) is 4.07. The summed E-state index contributed by atoms with van der Waals surface area (Å²) in [7, 11) is 0. The molecule has 0 aliphatic carbocycles. The van der Waals surface area contributed by atoms with E-state index in [1.54, 1.807) is 0 Å². The zero-order valence-electron chi connectivity index (χ0n) is 6.87. The fourth-order valence-corrected chi connectivity index (χ4v) is 1.07. The zero-order chi connectivity index (χ0) is 8.97. The Morgan fingerprint density at radius 3 is 2.42 bits per heavy atom. The van der Waals surface area contributed by atoms with E-state index >= 15 is 0 Å². The zero-order valence-corrected chi connectivity index (χ0v) is 7.69. The SMILES string of the molecule is CCc1ccc(NC(O)=S)cc1. The molecule has 0 aromatic heterocycles. The summed E-state index contributed by atoms with van der Waals surface area (Å²) in [4.78, 5) is 0. The summed E-state index contributed by atoms with van der Waals surface area (Å²) in [5.74, 6) is 0. The summed E-state index contributed by atoms with van der Waals surface area (Å²) in [6.45, 7) is 2.10. The number of nitrogens with one attached hydrogen (secondary N) is 1. The van der Waals surface area contributed by atoms with Crippen molar-refractivity contribution in [1.82, 2.24) is 0 Å². The first-order chi connectivity index (χ1) is 5.72. The van der Waals surface area contributed by atoms with Crippen LogP contribution < -0.4 is 5.32 Å². The number of aliphatic hydroxyl groups is 1. The van der Waals surface area contributed by atoms with Gasteiger partial charge in [0.15, 0.2) is 0 Å². The number of rotatable bonds is 2. The topological polar surface area (TPSA) is 32.3 Å². The first kappa shape index (κ1) is 9.00. The van der Waals surface area contributed by atoms with Gasteiger partial charge in [0, 0.05) is 5.69 Å². The van der Waals surface area contributed by atoms with Crippen LogP contribution in [0.25, 0.3) is 0 Å². The van der Waals surface area contributed by atoms with Crippen LogP contribution >= 0.6 is 12.2 Å². The van der Waals surface area contributed by atoms with Crippen LogP contribution in [-0.4, -0.2) is 10.3 Å². The maximum Gasteiger partial charge on any atom is 0.258 e. The van der Waals surface area contributed by atoms with Crippen molar-refractivity contribution in [2.45, 2.75) is 13.3 Å². The molecule has 0 heterocycles. The van der Waals surface area contributed by atoms with Crippen LogP contribution in [0, 0.1) is 0 Å². The molecule has 1 rings (SSSR count). The predicted octanol–water partition coefficient (Wildman–Crippen LogP) is 2.50. The molecule has 0 saturated heterocycles. The third-order valence-electron chi connectivity index (χ3n) is 1.61. The molecule has 0 fully saturated rings. The van der Waals surface area contributed by atoms with Crippen LogP contribution in [0.4, 0.5) is 5.69 Å². The van der Waals surface area contributed by atoms with E-state index in [1.807, 2.05) is 24.3 Å².